The van der Waals surface area contributed by atoms with Crippen molar-refractivity contribution in [2.45, 2.75) is 51.4 Å². The van der Waals surface area contributed by atoms with Crippen molar-refractivity contribution < 1.29 is 24.6 Å². The van der Waals surface area contributed by atoms with Gasteiger partial charge in [0, 0.05) is 0 Å². The molecule has 4 unspecified atom stereocenters. The summed E-state index contributed by atoms with van der Waals surface area (Å²) >= 11 is 1.49. The third-order valence-electron chi connectivity index (χ3n) is 3.31. The molecule has 0 aromatic heterocycles. The lowest BCUT2D eigenvalue weighted by Gasteiger charge is -2.24. The monoisotopic (exact) mass is 349 g/mol. The van der Waals surface area contributed by atoms with E-state index in [4.69, 9.17) is 10.8 Å². The zero-order valence-corrected chi connectivity index (χ0v) is 14.7. The van der Waals surface area contributed by atoms with Crippen LogP contribution in [0.1, 0.15) is 27.2 Å². The quantitative estimate of drug-likeness (QED) is 0.346. The van der Waals surface area contributed by atoms with E-state index < -0.39 is 42.0 Å². The Bertz CT molecular complexity index is 417. The fraction of sp³-hybridized carbons (Fsp3) is 0.786. The summed E-state index contributed by atoms with van der Waals surface area (Å²) in [5.74, 6) is -1.96. The normalized spacial score (nSPS) is 16.3. The van der Waals surface area contributed by atoms with Crippen molar-refractivity contribution in [2.24, 2.45) is 11.7 Å². The number of carboxylic acid groups (broad SMARTS) is 1. The highest BCUT2D eigenvalue weighted by atomic mass is 32.2. The minimum absolute atomic E-state index is 0.0940. The lowest BCUT2D eigenvalue weighted by atomic mass is 10.0. The number of nitrogens with two attached hydrogens (primary N) is 1. The van der Waals surface area contributed by atoms with Crippen molar-refractivity contribution in [1.29, 1.82) is 0 Å². The zero-order valence-electron chi connectivity index (χ0n) is 13.9. The average molecular weight is 349 g/mol. The highest BCUT2D eigenvalue weighted by molar-refractivity contribution is 7.98. The Balaban J connectivity index is 4.97. The van der Waals surface area contributed by atoms with E-state index in [-0.39, 0.29) is 5.92 Å². The maximum atomic E-state index is 12.2. The first-order valence-electron chi connectivity index (χ1n) is 7.37. The van der Waals surface area contributed by atoms with Gasteiger partial charge in [-0.1, -0.05) is 13.8 Å². The van der Waals surface area contributed by atoms with Gasteiger partial charge in [0.2, 0.25) is 11.8 Å². The molecular formula is C14H27N3O5S. The molecule has 0 saturated heterocycles. The number of carbonyl (C=O) groups excluding carboxylic acids is 2. The molecule has 23 heavy (non-hydrogen) atoms. The van der Waals surface area contributed by atoms with E-state index in [1.165, 1.54) is 18.7 Å². The summed E-state index contributed by atoms with van der Waals surface area (Å²) in [4.78, 5) is 35.3. The number of hydrogen-bond acceptors (Lipinski definition) is 6. The molecule has 0 aliphatic heterocycles. The Labute approximate surface area is 140 Å². The highest BCUT2D eigenvalue weighted by Gasteiger charge is 2.30. The molecule has 8 nitrogen and oxygen atoms in total. The second-order valence-corrected chi connectivity index (χ2v) is 6.66. The Morgan fingerprint density at radius 3 is 2.09 bits per heavy atom. The first-order valence-corrected chi connectivity index (χ1v) is 8.77. The Morgan fingerprint density at radius 1 is 1.13 bits per heavy atom. The Kier molecular flexibility index (Phi) is 9.85. The Hall–Kier alpha value is -1.32. The van der Waals surface area contributed by atoms with E-state index >= 15 is 0 Å². The van der Waals surface area contributed by atoms with Gasteiger partial charge in [-0.25, -0.2) is 4.79 Å². The molecule has 2 amide bonds. The first kappa shape index (κ1) is 21.7. The summed E-state index contributed by atoms with van der Waals surface area (Å²) in [6, 6.07) is -3.10. The molecule has 0 heterocycles. The van der Waals surface area contributed by atoms with Gasteiger partial charge in [0.05, 0.1) is 12.1 Å². The predicted octanol–water partition coefficient (Wildman–Crippen LogP) is -0.842. The topological polar surface area (TPSA) is 142 Å². The van der Waals surface area contributed by atoms with Crippen molar-refractivity contribution in [2.75, 3.05) is 12.0 Å². The van der Waals surface area contributed by atoms with Crippen LogP contribution in [0.3, 0.4) is 0 Å². The Morgan fingerprint density at radius 2 is 1.70 bits per heavy atom. The molecule has 0 rings (SSSR count). The van der Waals surface area contributed by atoms with Crippen LogP contribution in [0.25, 0.3) is 0 Å². The number of nitrogens with one attached hydrogen (secondary N) is 2. The molecule has 134 valence electrons. The van der Waals surface area contributed by atoms with Crippen molar-refractivity contribution in [1.82, 2.24) is 10.6 Å². The molecule has 9 heteroatoms. The van der Waals surface area contributed by atoms with Gasteiger partial charge < -0.3 is 26.6 Å². The van der Waals surface area contributed by atoms with E-state index in [0.29, 0.717) is 12.2 Å². The van der Waals surface area contributed by atoms with Crippen molar-refractivity contribution in [3.63, 3.8) is 0 Å². The van der Waals surface area contributed by atoms with Gasteiger partial charge in [-0.2, -0.15) is 11.8 Å². The van der Waals surface area contributed by atoms with Crippen LogP contribution in [0.4, 0.5) is 0 Å². The van der Waals surface area contributed by atoms with Gasteiger partial charge in [0.1, 0.15) is 6.04 Å². The van der Waals surface area contributed by atoms with Gasteiger partial charge in [0.25, 0.3) is 0 Å². The van der Waals surface area contributed by atoms with Crippen LogP contribution in [-0.4, -0.2) is 64.2 Å². The lowest BCUT2D eigenvalue weighted by Crippen LogP contribution is -2.57. The zero-order chi connectivity index (χ0) is 18.2. The number of rotatable bonds is 10. The second-order valence-electron chi connectivity index (χ2n) is 5.68. The number of aliphatic carboxylic acids is 1. The largest absolute Gasteiger partial charge is 0.480 e. The molecule has 0 aliphatic carbocycles. The fourth-order valence-corrected chi connectivity index (χ4v) is 2.19. The molecule has 0 fully saturated rings. The predicted molar refractivity (Wildman–Crippen MR) is 89.0 cm³/mol. The summed E-state index contributed by atoms with van der Waals surface area (Å²) in [6.45, 7) is 4.84. The molecule has 6 N–H and O–H groups in total. The molecule has 0 aromatic carbocycles. The van der Waals surface area contributed by atoms with Crippen LogP contribution in [0.5, 0.6) is 0 Å². The summed E-state index contributed by atoms with van der Waals surface area (Å²) in [5, 5.41) is 23.2. The van der Waals surface area contributed by atoms with Gasteiger partial charge >= 0.3 is 5.97 Å². The van der Waals surface area contributed by atoms with Crippen LogP contribution in [0.2, 0.25) is 0 Å². The van der Waals surface area contributed by atoms with Crippen molar-refractivity contribution in [3.8, 4) is 0 Å². The molecule has 0 saturated carbocycles. The minimum atomic E-state index is -1.44. The minimum Gasteiger partial charge on any atom is -0.480 e. The van der Waals surface area contributed by atoms with E-state index in [1.807, 2.05) is 6.26 Å². The number of thioether (sulfide) groups is 1. The van der Waals surface area contributed by atoms with Crippen LogP contribution < -0.4 is 16.4 Å². The number of aliphatic hydroxyl groups is 1. The van der Waals surface area contributed by atoms with Crippen molar-refractivity contribution >= 4 is 29.5 Å². The molecule has 4 atom stereocenters. The van der Waals surface area contributed by atoms with Crippen LogP contribution >= 0.6 is 11.8 Å². The molecule has 0 aromatic rings. The van der Waals surface area contributed by atoms with Crippen molar-refractivity contribution in [3.05, 3.63) is 0 Å². The second kappa shape index (κ2) is 10.5. The number of carbonyl (C=O) groups is 3. The van der Waals surface area contributed by atoms with Crippen LogP contribution in [0, 0.1) is 5.92 Å². The fourth-order valence-electron chi connectivity index (χ4n) is 1.72. The smallest absolute Gasteiger partial charge is 0.328 e. The van der Waals surface area contributed by atoms with E-state index in [2.05, 4.69) is 10.6 Å². The standard InChI is InChI=1S/C14H27N3O5S/c1-7(2)10(15)13(20)16-9(5-6-23-4)12(19)17-11(8(3)18)14(21)22/h7-11,18H,5-6,15H2,1-4H3,(H,16,20)(H,17,19)(H,21,22). The van der Waals surface area contributed by atoms with Gasteiger partial charge in [-0.3, -0.25) is 9.59 Å². The third kappa shape index (κ3) is 7.67. The molecule has 0 spiro atoms. The van der Waals surface area contributed by atoms with Crippen LogP contribution in [0.15, 0.2) is 0 Å². The van der Waals surface area contributed by atoms with Gasteiger partial charge in [-0.05, 0) is 31.3 Å². The van der Waals surface area contributed by atoms with E-state index in [0.717, 1.165) is 0 Å². The third-order valence-corrected chi connectivity index (χ3v) is 3.95. The number of carboxylic acids is 1. The van der Waals surface area contributed by atoms with Gasteiger partial charge in [-0.15, -0.1) is 0 Å². The molecular weight excluding hydrogens is 322 g/mol. The molecule has 0 bridgehead atoms. The summed E-state index contributed by atoms with van der Waals surface area (Å²) < 4.78 is 0. The van der Waals surface area contributed by atoms with E-state index in [9.17, 15) is 19.5 Å². The average Bonchev–Trinajstić information content (AvgIpc) is 2.46. The molecule has 0 radical (unpaired) electrons. The SMILES string of the molecule is CSCCC(NC(=O)C(N)C(C)C)C(=O)NC(C(=O)O)C(C)O. The van der Waals surface area contributed by atoms with Crippen LogP contribution in [-0.2, 0) is 14.4 Å². The number of hydrogen-bond donors (Lipinski definition) is 5. The maximum absolute atomic E-state index is 12.2. The summed E-state index contributed by atoms with van der Waals surface area (Å²) in [7, 11) is 0. The highest BCUT2D eigenvalue weighted by Crippen LogP contribution is 2.05. The lowest BCUT2D eigenvalue weighted by molar-refractivity contribution is -0.145. The maximum Gasteiger partial charge on any atom is 0.328 e. The van der Waals surface area contributed by atoms with Gasteiger partial charge in [0.15, 0.2) is 6.04 Å². The first-order chi connectivity index (χ1) is 10.6. The number of aliphatic hydroxyl groups excluding tert-OH is 1. The van der Waals surface area contributed by atoms with E-state index in [1.54, 1.807) is 13.8 Å². The summed E-state index contributed by atoms with van der Waals surface area (Å²) in [6.07, 6.45) is 0.925. The molecule has 0 aliphatic rings. The summed E-state index contributed by atoms with van der Waals surface area (Å²) in [5.41, 5.74) is 5.75. The number of amides is 2.